The minimum Gasteiger partial charge on any atom is -0.320 e. The summed E-state index contributed by atoms with van der Waals surface area (Å²) in [5, 5.41) is 12.5. The maximum Gasteiger partial charge on any atom is 0.286 e. The molecule has 0 spiro atoms. The number of anilines is 1. The number of benzene rings is 1. The highest BCUT2D eigenvalue weighted by Crippen LogP contribution is 2.38. The molecule has 120 valence electrons. The minimum atomic E-state index is -0.180. The molecule has 0 unspecified atom stereocenters. The second-order valence-corrected chi connectivity index (χ2v) is 7.65. The van der Waals surface area contributed by atoms with E-state index in [0.717, 1.165) is 23.2 Å². The van der Waals surface area contributed by atoms with Gasteiger partial charge in [0.1, 0.15) is 5.01 Å². The van der Waals surface area contributed by atoms with Crippen LogP contribution in [0, 0.1) is 12.8 Å². The zero-order valence-electron chi connectivity index (χ0n) is 13.2. The highest BCUT2D eigenvalue weighted by molar-refractivity contribution is 7.13. The van der Waals surface area contributed by atoms with E-state index in [4.69, 9.17) is 0 Å². The molecule has 2 fully saturated rings. The highest BCUT2D eigenvalue weighted by Gasteiger charge is 2.37. The zero-order valence-corrected chi connectivity index (χ0v) is 14.0. The van der Waals surface area contributed by atoms with Gasteiger partial charge in [-0.3, -0.25) is 9.69 Å². The number of carbonyl (C=O) groups excluding carboxylic acids is 1. The first-order valence-corrected chi connectivity index (χ1v) is 8.93. The summed E-state index contributed by atoms with van der Waals surface area (Å²) in [7, 11) is 0. The lowest BCUT2D eigenvalue weighted by atomic mass is 10.1. The fourth-order valence-electron chi connectivity index (χ4n) is 3.62. The van der Waals surface area contributed by atoms with Gasteiger partial charge in [0.25, 0.3) is 5.91 Å². The van der Waals surface area contributed by atoms with E-state index in [0.29, 0.717) is 11.0 Å². The van der Waals surface area contributed by atoms with Gasteiger partial charge in [-0.25, -0.2) is 0 Å². The number of aryl methyl sites for hydroxylation is 1. The third-order valence-electron chi connectivity index (χ3n) is 4.83. The molecule has 1 N–H and O–H groups in total. The Morgan fingerprint density at radius 1 is 1.30 bits per heavy atom. The van der Waals surface area contributed by atoms with Crippen molar-refractivity contribution in [1.29, 1.82) is 0 Å². The molecule has 2 aromatic rings. The number of nitrogens with zero attached hydrogens (tertiary/aromatic N) is 3. The van der Waals surface area contributed by atoms with Crippen molar-refractivity contribution >= 4 is 22.9 Å². The molecule has 0 radical (unpaired) electrons. The van der Waals surface area contributed by atoms with Crippen LogP contribution in [-0.2, 0) is 6.54 Å². The number of amides is 1. The first-order chi connectivity index (χ1) is 11.2. The molecule has 2 atom stereocenters. The van der Waals surface area contributed by atoms with Gasteiger partial charge in [0, 0.05) is 18.3 Å². The zero-order chi connectivity index (χ0) is 15.8. The largest absolute Gasteiger partial charge is 0.320 e. The van der Waals surface area contributed by atoms with Crippen LogP contribution in [0.5, 0.6) is 0 Å². The van der Waals surface area contributed by atoms with E-state index in [1.807, 2.05) is 31.2 Å². The Labute approximate surface area is 139 Å². The molecule has 2 aliphatic rings. The van der Waals surface area contributed by atoms with Crippen LogP contribution in [0.4, 0.5) is 5.69 Å². The predicted molar refractivity (Wildman–Crippen MR) is 90.6 cm³/mol. The normalized spacial score (nSPS) is 23.3. The third kappa shape index (κ3) is 3.14. The Hall–Kier alpha value is -1.79. The second kappa shape index (κ2) is 6.02. The fourth-order valence-corrected chi connectivity index (χ4v) is 4.39. The molecule has 1 aliphatic carbocycles. The molecule has 23 heavy (non-hydrogen) atoms. The van der Waals surface area contributed by atoms with Crippen molar-refractivity contribution in [2.75, 3.05) is 11.9 Å². The summed E-state index contributed by atoms with van der Waals surface area (Å²) in [5.41, 5.74) is 1.95. The van der Waals surface area contributed by atoms with E-state index in [9.17, 15) is 4.79 Å². The van der Waals surface area contributed by atoms with Gasteiger partial charge in [-0.1, -0.05) is 29.0 Å². The van der Waals surface area contributed by atoms with Gasteiger partial charge < -0.3 is 5.32 Å². The molecule has 4 rings (SSSR count). The number of fused-ring (bicyclic) bond motifs is 2. The van der Waals surface area contributed by atoms with E-state index in [-0.39, 0.29) is 5.91 Å². The lowest BCUT2D eigenvalue weighted by Gasteiger charge is -2.25. The maximum absolute atomic E-state index is 12.3. The van der Waals surface area contributed by atoms with Crippen LogP contribution in [0.1, 0.15) is 39.6 Å². The molecule has 1 aromatic carbocycles. The SMILES string of the molecule is Cc1ccc(NC(=O)c2nnc(CN3C[C@H]4CC[C@H]3C4)s2)cc1. The summed E-state index contributed by atoms with van der Waals surface area (Å²) < 4.78 is 0. The van der Waals surface area contributed by atoms with Gasteiger partial charge in [0.15, 0.2) is 0 Å². The number of hydrogen-bond acceptors (Lipinski definition) is 5. The molecule has 2 heterocycles. The van der Waals surface area contributed by atoms with Crippen LogP contribution in [-0.4, -0.2) is 33.6 Å². The molecular weight excluding hydrogens is 308 g/mol. The lowest BCUT2D eigenvalue weighted by molar-refractivity contribution is 0.102. The number of likely N-dealkylation sites (tertiary alicyclic amines) is 1. The van der Waals surface area contributed by atoms with E-state index in [1.54, 1.807) is 0 Å². The standard InChI is InChI=1S/C17H20N4OS/c1-11-2-5-13(6-3-11)18-16(22)17-20-19-15(23-17)10-21-9-12-4-7-14(21)8-12/h2-3,5-6,12,14H,4,7-10H2,1H3,(H,18,22)/t12-,14-/m0/s1. The van der Waals surface area contributed by atoms with Gasteiger partial charge in [0.2, 0.25) is 5.01 Å². The molecule has 2 bridgehead atoms. The van der Waals surface area contributed by atoms with E-state index in [2.05, 4.69) is 20.4 Å². The van der Waals surface area contributed by atoms with Crippen molar-refractivity contribution in [3.05, 3.63) is 39.8 Å². The van der Waals surface area contributed by atoms with Crippen LogP contribution >= 0.6 is 11.3 Å². The predicted octanol–water partition coefficient (Wildman–Crippen LogP) is 3.08. The first-order valence-electron chi connectivity index (χ1n) is 8.12. The summed E-state index contributed by atoms with van der Waals surface area (Å²) in [6.07, 6.45) is 4.02. The third-order valence-corrected chi connectivity index (χ3v) is 5.74. The Morgan fingerprint density at radius 2 is 2.13 bits per heavy atom. The molecule has 1 aromatic heterocycles. The van der Waals surface area contributed by atoms with Crippen LogP contribution in [0.2, 0.25) is 0 Å². The smallest absolute Gasteiger partial charge is 0.286 e. The molecular formula is C17H20N4OS. The van der Waals surface area contributed by atoms with Crippen LogP contribution in [0.3, 0.4) is 0 Å². The van der Waals surface area contributed by atoms with Crippen LogP contribution in [0.25, 0.3) is 0 Å². The molecule has 1 amide bonds. The van der Waals surface area contributed by atoms with Crippen molar-refractivity contribution in [3.8, 4) is 0 Å². The van der Waals surface area contributed by atoms with Crippen LogP contribution < -0.4 is 5.32 Å². The van der Waals surface area contributed by atoms with E-state index in [1.165, 1.54) is 42.7 Å². The molecule has 5 nitrogen and oxygen atoms in total. The first kappa shape index (κ1) is 14.8. The van der Waals surface area contributed by atoms with Crippen molar-refractivity contribution in [3.63, 3.8) is 0 Å². The summed E-state index contributed by atoms with van der Waals surface area (Å²) >= 11 is 1.40. The van der Waals surface area contributed by atoms with Gasteiger partial charge >= 0.3 is 0 Å². The number of rotatable bonds is 4. The number of carbonyl (C=O) groups is 1. The Kier molecular flexibility index (Phi) is 3.87. The van der Waals surface area contributed by atoms with Gasteiger partial charge in [0.05, 0.1) is 6.54 Å². The number of aromatic nitrogens is 2. The van der Waals surface area contributed by atoms with Gasteiger partial charge in [-0.05, 0) is 44.2 Å². The van der Waals surface area contributed by atoms with Crippen molar-refractivity contribution in [2.45, 2.75) is 38.8 Å². The van der Waals surface area contributed by atoms with E-state index >= 15 is 0 Å². The molecule has 1 saturated carbocycles. The number of piperidine rings is 1. The average Bonchev–Trinajstić information content (AvgIpc) is 3.26. The molecule has 1 saturated heterocycles. The van der Waals surface area contributed by atoms with E-state index < -0.39 is 0 Å². The quantitative estimate of drug-likeness (QED) is 0.937. The maximum atomic E-state index is 12.3. The van der Waals surface area contributed by atoms with Crippen molar-refractivity contribution in [2.24, 2.45) is 5.92 Å². The van der Waals surface area contributed by atoms with Crippen molar-refractivity contribution in [1.82, 2.24) is 15.1 Å². The summed E-state index contributed by atoms with van der Waals surface area (Å²) in [5.74, 6) is 0.692. The Balaban J connectivity index is 1.39. The summed E-state index contributed by atoms with van der Waals surface area (Å²) in [4.78, 5) is 14.8. The number of nitrogens with one attached hydrogen (secondary N) is 1. The molecule has 6 heteroatoms. The Bertz CT molecular complexity index is 712. The average molecular weight is 328 g/mol. The molecule has 1 aliphatic heterocycles. The van der Waals surface area contributed by atoms with Gasteiger partial charge in [-0.15, -0.1) is 10.2 Å². The van der Waals surface area contributed by atoms with Crippen molar-refractivity contribution < 1.29 is 4.79 Å². The number of hydrogen-bond donors (Lipinski definition) is 1. The summed E-state index contributed by atoms with van der Waals surface area (Å²) in [6.45, 7) is 4.03. The monoisotopic (exact) mass is 328 g/mol. The highest BCUT2D eigenvalue weighted by atomic mass is 32.1. The topological polar surface area (TPSA) is 58.1 Å². The minimum absolute atomic E-state index is 0.180. The second-order valence-electron chi connectivity index (χ2n) is 6.58. The fraction of sp³-hybridized carbons (Fsp3) is 0.471. The summed E-state index contributed by atoms with van der Waals surface area (Å²) in [6, 6.07) is 8.47. The Morgan fingerprint density at radius 3 is 2.83 bits per heavy atom. The lowest BCUT2D eigenvalue weighted by Crippen LogP contribution is -2.31. The van der Waals surface area contributed by atoms with Gasteiger partial charge in [-0.2, -0.15) is 0 Å². The van der Waals surface area contributed by atoms with Crippen LogP contribution in [0.15, 0.2) is 24.3 Å².